The van der Waals surface area contributed by atoms with Crippen LogP contribution in [0.4, 0.5) is 25.4 Å². The molecule has 5 N–H and O–H groups in total. The SMILES string of the molecule is Nc1nc(NC2CCN(S(=O)(=O)c3ccc(CCNc4ccccc4O)nc3)CC2)sc1C(=O)c1c(F)cccc1F. The van der Waals surface area contributed by atoms with E-state index in [4.69, 9.17) is 5.73 Å². The molecular formula is C28H28F2N6O4S2. The van der Waals surface area contributed by atoms with Crippen LogP contribution >= 0.6 is 11.3 Å². The van der Waals surface area contributed by atoms with Gasteiger partial charge in [-0.1, -0.05) is 29.5 Å². The van der Waals surface area contributed by atoms with Crippen LogP contribution in [0.2, 0.25) is 0 Å². The fourth-order valence-electron chi connectivity index (χ4n) is 4.61. The third-order valence-corrected chi connectivity index (χ3v) is 9.75. The van der Waals surface area contributed by atoms with Crippen molar-refractivity contribution in [3.63, 3.8) is 0 Å². The van der Waals surface area contributed by atoms with Crippen molar-refractivity contribution in [2.45, 2.75) is 30.2 Å². The molecule has 1 aliphatic rings. The molecule has 4 aromatic rings. The summed E-state index contributed by atoms with van der Waals surface area (Å²) in [5.41, 5.74) is 6.51. The Balaban J connectivity index is 1.15. The lowest BCUT2D eigenvalue weighted by atomic mass is 10.1. The van der Waals surface area contributed by atoms with Crippen LogP contribution in [-0.4, -0.2) is 59.3 Å². The van der Waals surface area contributed by atoms with Gasteiger partial charge in [0, 0.05) is 44.0 Å². The third-order valence-electron chi connectivity index (χ3n) is 6.87. The molecule has 1 saturated heterocycles. The van der Waals surface area contributed by atoms with E-state index >= 15 is 0 Å². The number of benzene rings is 2. The van der Waals surface area contributed by atoms with Crippen LogP contribution < -0.4 is 16.4 Å². The molecule has 0 bridgehead atoms. The highest BCUT2D eigenvalue weighted by molar-refractivity contribution is 7.89. The number of hydrogen-bond donors (Lipinski definition) is 4. The lowest BCUT2D eigenvalue weighted by molar-refractivity contribution is 0.103. The van der Waals surface area contributed by atoms with Gasteiger partial charge in [0.15, 0.2) is 5.13 Å². The highest BCUT2D eigenvalue weighted by atomic mass is 32.2. The second kappa shape index (κ2) is 12.4. The van der Waals surface area contributed by atoms with Gasteiger partial charge >= 0.3 is 0 Å². The minimum Gasteiger partial charge on any atom is -0.506 e. The molecule has 1 fully saturated rings. The van der Waals surface area contributed by atoms with Crippen LogP contribution in [-0.2, 0) is 16.4 Å². The Morgan fingerprint density at radius 1 is 1.07 bits per heavy atom. The predicted molar refractivity (Wildman–Crippen MR) is 156 cm³/mol. The topological polar surface area (TPSA) is 151 Å². The summed E-state index contributed by atoms with van der Waals surface area (Å²) < 4.78 is 56.0. The van der Waals surface area contributed by atoms with E-state index < -0.39 is 33.0 Å². The number of anilines is 3. The highest BCUT2D eigenvalue weighted by Gasteiger charge is 2.31. The molecule has 14 heteroatoms. The van der Waals surface area contributed by atoms with Gasteiger partial charge in [-0.2, -0.15) is 4.31 Å². The van der Waals surface area contributed by atoms with Crippen molar-refractivity contribution in [1.29, 1.82) is 0 Å². The Bertz CT molecular complexity index is 1670. The van der Waals surface area contributed by atoms with Crippen LogP contribution in [0.5, 0.6) is 5.75 Å². The van der Waals surface area contributed by atoms with Crippen molar-refractivity contribution in [2.75, 3.05) is 36.0 Å². The molecule has 0 spiro atoms. The number of nitrogens with two attached hydrogens (primary N) is 1. The molecule has 220 valence electrons. The first-order valence-corrected chi connectivity index (χ1v) is 15.4. The van der Waals surface area contributed by atoms with Crippen molar-refractivity contribution in [3.8, 4) is 5.75 Å². The molecule has 0 radical (unpaired) electrons. The van der Waals surface area contributed by atoms with Crippen LogP contribution in [0.15, 0.2) is 65.7 Å². The van der Waals surface area contributed by atoms with Gasteiger partial charge in [0.2, 0.25) is 15.8 Å². The first-order chi connectivity index (χ1) is 20.1. The molecule has 0 unspecified atom stereocenters. The summed E-state index contributed by atoms with van der Waals surface area (Å²) in [5, 5.41) is 16.4. The maximum absolute atomic E-state index is 14.1. The monoisotopic (exact) mass is 614 g/mol. The molecule has 2 aromatic heterocycles. The minimum atomic E-state index is -3.75. The molecule has 0 aliphatic carbocycles. The zero-order valence-corrected chi connectivity index (χ0v) is 23.9. The smallest absolute Gasteiger partial charge is 0.244 e. The van der Waals surface area contributed by atoms with Crippen molar-refractivity contribution in [3.05, 3.63) is 88.6 Å². The number of para-hydroxylation sites is 2. The lowest BCUT2D eigenvalue weighted by Gasteiger charge is -2.31. The molecule has 42 heavy (non-hydrogen) atoms. The Kier molecular flexibility index (Phi) is 8.66. The Labute approximate surface area is 245 Å². The standard InChI is InChI=1S/C28H28F2N6O4S2/c29-20-4-3-5-21(30)24(20)25(38)26-27(31)35-28(41-26)34-18-11-14-36(15-12-18)42(39,40)19-9-8-17(33-16-19)10-13-32-22-6-1-2-7-23(22)37/h1-9,16,18,32,37H,10-15,31H2,(H,34,35). The van der Waals surface area contributed by atoms with Gasteiger partial charge in [-0.25, -0.2) is 22.2 Å². The third kappa shape index (κ3) is 6.35. The van der Waals surface area contributed by atoms with Crippen molar-refractivity contribution in [2.24, 2.45) is 0 Å². The van der Waals surface area contributed by atoms with Crippen LogP contribution in [0.1, 0.15) is 33.8 Å². The number of nitrogens with zero attached hydrogens (tertiary/aromatic N) is 3. The number of sulfonamides is 1. The molecular weight excluding hydrogens is 586 g/mol. The second-order valence-corrected chi connectivity index (χ2v) is 12.6. The molecule has 1 aliphatic heterocycles. The number of piperidine rings is 1. The number of hydrogen-bond acceptors (Lipinski definition) is 10. The Morgan fingerprint density at radius 2 is 1.79 bits per heavy atom. The van der Waals surface area contributed by atoms with Gasteiger partial charge in [-0.15, -0.1) is 0 Å². The van der Waals surface area contributed by atoms with Gasteiger partial charge in [0.05, 0.1) is 11.3 Å². The number of phenolic OH excluding ortho intramolecular Hbond substituents is 1. The first-order valence-electron chi connectivity index (χ1n) is 13.1. The van der Waals surface area contributed by atoms with Gasteiger partial charge in [-0.3, -0.25) is 9.78 Å². The molecule has 3 heterocycles. The number of aromatic nitrogens is 2. The summed E-state index contributed by atoms with van der Waals surface area (Å²) in [6, 6.07) is 13.1. The number of ketones is 1. The summed E-state index contributed by atoms with van der Waals surface area (Å²) in [5.74, 6) is -2.84. The van der Waals surface area contributed by atoms with E-state index in [1.54, 1.807) is 24.3 Å². The number of nitrogens with one attached hydrogen (secondary N) is 2. The van der Waals surface area contributed by atoms with Crippen molar-refractivity contribution >= 4 is 43.8 Å². The van der Waals surface area contributed by atoms with Crippen LogP contribution in [0.3, 0.4) is 0 Å². The summed E-state index contributed by atoms with van der Waals surface area (Å²) in [6.07, 6.45) is 2.82. The largest absolute Gasteiger partial charge is 0.506 e. The van der Waals surface area contributed by atoms with Gasteiger partial charge in [-0.05, 0) is 49.2 Å². The maximum Gasteiger partial charge on any atom is 0.244 e. The number of carbonyl (C=O) groups is 1. The fourth-order valence-corrected chi connectivity index (χ4v) is 6.93. The van der Waals surface area contributed by atoms with E-state index in [1.165, 1.54) is 22.6 Å². The quantitative estimate of drug-likeness (QED) is 0.152. The minimum absolute atomic E-state index is 0.0774. The Morgan fingerprint density at radius 3 is 2.45 bits per heavy atom. The molecule has 2 aromatic carbocycles. The van der Waals surface area contributed by atoms with Gasteiger partial charge in [0.25, 0.3) is 0 Å². The summed E-state index contributed by atoms with van der Waals surface area (Å²) >= 11 is 0.896. The lowest BCUT2D eigenvalue weighted by Crippen LogP contribution is -2.42. The number of phenols is 1. The first kappa shape index (κ1) is 29.4. The Hall–Kier alpha value is -4.14. The predicted octanol–water partition coefficient (Wildman–Crippen LogP) is 4.25. The van der Waals surface area contributed by atoms with Gasteiger partial charge < -0.3 is 21.5 Å². The van der Waals surface area contributed by atoms with E-state index in [0.29, 0.717) is 42.3 Å². The number of carbonyl (C=O) groups excluding carboxylic acids is 1. The zero-order chi connectivity index (χ0) is 29.9. The number of rotatable bonds is 10. The summed E-state index contributed by atoms with van der Waals surface area (Å²) in [7, 11) is -3.75. The van der Waals surface area contributed by atoms with E-state index in [2.05, 4.69) is 20.6 Å². The van der Waals surface area contributed by atoms with E-state index in [9.17, 15) is 27.1 Å². The van der Waals surface area contributed by atoms with E-state index in [0.717, 1.165) is 23.5 Å². The summed E-state index contributed by atoms with van der Waals surface area (Å²) in [4.78, 5) is 21.2. The molecule has 10 nitrogen and oxygen atoms in total. The highest BCUT2D eigenvalue weighted by Crippen LogP contribution is 2.31. The van der Waals surface area contributed by atoms with Gasteiger partial charge in [0.1, 0.15) is 33.0 Å². The van der Waals surface area contributed by atoms with E-state index in [-0.39, 0.29) is 40.5 Å². The average molecular weight is 615 g/mol. The molecule has 5 rings (SSSR count). The van der Waals surface area contributed by atoms with E-state index in [1.807, 2.05) is 6.07 Å². The van der Waals surface area contributed by atoms with Crippen LogP contribution in [0.25, 0.3) is 0 Å². The van der Waals surface area contributed by atoms with Crippen molar-refractivity contribution in [1.82, 2.24) is 14.3 Å². The van der Waals surface area contributed by atoms with Crippen molar-refractivity contribution < 1.29 is 27.1 Å². The molecule has 0 atom stereocenters. The normalized spacial score (nSPS) is 14.5. The number of aromatic hydroxyl groups is 1. The molecule has 0 saturated carbocycles. The number of thiazole rings is 1. The zero-order valence-electron chi connectivity index (χ0n) is 22.3. The fraction of sp³-hybridized carbons (Fsp3) is 0.250. The van der Waals surface area contributed by atoms with Crippen LogP contribution in [0, 0.1) is 11.6 Å². The molecule has 0 amide bonds. The number of halogens is 2. The second-order valence-electron chi connectivity index (χ2n) is 9.66. The maximum atomic E-state index is 14.1. The number of nitrogen functional groups attached to an aromatic ring is 1. The average Bonchev–Trinajstić information content (AvgIpc) is 3.34. The summed E-state index contributed by atoms with van der Waals surface area (Å²) in [6.45, 7) is 1.01. The number of pyridine rings is 1.